The molecule has 2 amide bonds. The van der Waals surface area contributed by atoms with Gasteiger partial charge < -0.3 is 15.0 Å². The van der Waals surface area contributed by atoms with E-state index in [-0.39, 0.29) is 24.0 Å². The average molecular weight is 427 g/mol. The SMILES string of the molecule is CC(C)NC(=O)[C@]1(Cc2ccccc2-c2cccs2)CCN(C(=O)[C@@H]2CCCO2)C1. The first-order valence-corrected chi connectivity index (χ1v) is 11.7. The number of nitrogens with one attached hydrogen (secondary N) is 1. The lowest BCUT2D eigenvalue weighted by atomic mass is 9.78. The number of carbonyl (C=O) groups excluding carboxylic acids is 2. The van der Waals surface area contributed by atoms with Gasteiger partial charge in [0.2, 0.25) is 5.91 Å². The zero-order chi connectivity index (χ0) is 21.1. The lowest BCUT2D eigenvalue weighted by Crippen LogP contribution is -2.48. The van der Waals surface area contributed by atoms with E-state index in [4.69, 9.17) is 4.74 Å². The summed E-state index contributed by atoms with van der Waals surface area (Å²) in [4.78, 5) is 29.4. The Morgan fingerprint density at radius 1 is 1.27 bits per heavy atom. The van der Waals surface area contributed by atoms with Crippen molar-refractivity contribution in [2.45, 2.75) is 51.7 Å². The van der Waals surface area contributed by atoms with Gasteiger partial charge in [0.15, 0.2) is 0 Å². The Morgan fingerprint density at radius 2 is 2.10 bits per heavy atom. The first kappa shape index (κ1) is 21.1. The molecule has 1 aromatic heterocycles. The molecule has 30 heavy (non-hydrogen) atoms. The molecular formula is C24H30N2O3S. The van der Waals surface area contributed by atoms with E-state index in [1.807, 2.05) is 30.9 Å². The number of nitrogens with zero attached hydrogens (tertiary/aromatic N) is 1. The molecule has 0 unspecified atom stereocenters. The Kier molecular flexibility index (Phi) is 6.25. The van der Waals surface area contributed by atoms with Gasteiger partial charge in [-0.2, -0.15) is 0 Å². The molecule has 1 N–H and O–H groups in total. The zero-order valence-electron chi connectivity index (χ0n) is 17.7. The van der Waals surface area contributed by atoms with Gasteiger partial charge >= 0.3 is 0 Å². The number of ether oxygens (including phenoxy) is 1. The van der Waals surface area contributed by atoms with E-state index in [0.29, 0.717) is 32.5 Å². The smallest absolute Gasteiger partial charge is 0.251 e. The highest BCUT2D eigenvalue weighted by atomic mass is 32.1. The molecule has 6 heteroatoms. The molecule has 160 valence electrons. The molecule has 2 aromatic rings. The van der Waals surface area contributed by atoms with Crippen LogP contribution in [0.4, 0.5) is 0 Å². The van der Waals surface area contributed by atoms with Gasteiger partial charge in [-0.05, 0) is 62.1 Å². The van der Waals surface area contributed by atoms with E-state index in [0.717, 1.165) is 18.4 Å². The fraction of sp³-hybridized carbons (Fsp3) is 0.500. The van der Waals surface area contributed by atoms with Gasteiger partial charge in [0.05, 0.1) is 5.41 Å². The maximum absolute atomic E-state index is 13.4. The van der Waals surface area contributed by atoms with Gasteiger partial charge in [-0.3, -0.25) is 9.59 Å². The monoisotopic (exact) mass is 426 g/mol. The van der Waals surface area contributed by atoms with Crippen LogP contribution in [0.15, 0.2) is 41.8 Å². The maximum Gasteiger partial charge on any atom is 0.251 e. The van der Waals surface area contributed by atoms with E-state index < -0.39 is 5.41 Å². The summed E-state index contributed by atoms with van der Waals surface area (Å²) in [6.07, 6.45) is 2.66. The molecule has 0 radical (unpaired) electrons. The predicted molar refractivity (Wildman–Crippen MR) is 119 cm³/mol. The molecule has 0 aliphatic carbocycles. The standard InChI is InChI=1S/C24H30N2O3S/c1-17(2)25-23(28)24(11-12-26(16-24)22(27)20-9-5-13-29-20)15-18-7-3-4-8-19(18)21-10-6-14-30-21/h3-4,6-8,10,14,17,20H,5,9,11-13,15-16H2,1-2H3,(H,25,28)/t20-,24-/m0/s1. The largest absolute Gasteiger partial charge is 0.368 e. The van der Waals surface area contributed by atoms with Crippen molar-refractivity contribution < 1.29 is 14.3 Å². The summed E-state index contributed by atoms with van der Waals surface area (Å²) in [5, 5.41) is 5.20. The summed E-state index contributed by atoms with van der Waals surface area (Å²) >= 11 is 1.71. The Hall–Kier alpha value is -2.18. The number of carbonyl (C=O) groups is 2. The van der Waals surface area contributed by atoms with E-state index in [9.17, 15) is 9.59 Å². The van der Waals surface area contributed by atoms with Crippen molar-refractivity contribution in [3.05, 3.63) is 47.3 Å². The highest BCUT2D eigenvalue weighted by Crippen LogP contribution is 2.39. The minimum atomic E-state index is -0.619. The number of likely N-dealkylation sites (tertiary alicyclic amines) is 1. The van der Waals surface area contributed by atoms with Crippen molar-refractivity contribution in [2.24, 2.45) is 5.41 Å². The van der Waals surface area contributed by atoms with Crippen LogP contribution in [0.1, 0.15) is 38.7 Å². The number of benzene rings is 1. The molecule has 2 aliphatic heterocycles. The lowest BCUT2D eigenvalue weighted by Gasteiger charge is -2.30. The Labute approximate surface area is 182 Å². The van der Waals surface area contributed by atoms with E-state index >= 15 is 0 Å². The normalized spacial score (nSPS) is 23.8. The van der Waals surface area contributed by atoms with Crippen molar-refractivity contribution in [3.63, 3.8) is 0 Å². The molecule has 2 saturated heterocycles. The topological polar surface area (TPSA) is 58.6 Å². The number of hydrogen-bond donors (Lipinski definition) is 1. The summed E-state index contributed by atoms with van der Waals surface area (Å²) in [5.41, 5.74) is 1.71. The van der Waals surface area contributed by atoms with Gasteiger partial charge in [-0.25, -0.2) is 0 Å². The third kappa shape index (κ3) is 4.30. The predicted octanol–water partition coefficient (Wildman–Crippen LogP) is 3.88. The maximum atomic E-state index is 13.4. The second-order valence-electron chi connectivity index (χ2n) is 8.73. The molecule has 3 heterocycles. The van der Waals surface area contributed by atoms with Crippen LogP contribution < -0.4 is 5.32 Å². The highest BCUT2D eigenvalue weighted by molar-refractivity contribution is 7.13. The zero-order valence-corrected chi connectivity index (χ0v) is 18.5. The van der Waals surface area contributed by atoms with E-state index in [1.54, 1.807) is 11.3 Å². The van der Waals surface area contributed by atoms with Crippen molar-refractivity contribution in [1.29, 1.82) is 0 Å². The number of thiophene rings is 1. The van der Waals surface area contributed by atoms with Crippen molar-refractivity contribution in [3.8, 4) is 10.4 Å². The first-order chi connectivity index (χ1) is 14.5. The molecule has 0 saturated carbocycles. The molecule has 2 fully saturated rings. The van der Waals surface area contributed by atoms with Crippen LogP contribution in [0.5, 0.6) is 0 Å². The molecular weight excluding hydrogens is 396 g/mol. The average Bonchev–Trinajstić information content (AvgIpc) is 3.49. The summed E-state index contributed by atoms with van der Waals surface area (Å²) in [6.45, 7) is 5.66. The Bertz CT molecular complexity index is 890. The molecule has 1 aromatic carbocycles. The second-order valence-corrected chi connectivity index (χ2v) is 9.68. The molecule has 5 nitrogen and oxygen atoms in total. The fourth-order valence-corrected chi connectivity index (χ4v) is 5.36. The van der Waals surface area contributed by atoms with Crippen molar-refractivity contribution in [1.82, 2.24) is 10.2 Å². The van der Waals surface area contributed by atoms with Crippen LogP contribution in [-0.2, 0) is 20.7 Å². The summed E-state index contributed by atoms with van der Waals surface area (Å²) in [6, 6.07) is 12.5. The fourth-order valence-electron chi connectivity index (χ4n) is 4.57. The van der Waals surface area contributed by atoms with Crippen molar-refractivity contribution in [2.75, 3.05) is 19.7 Å². The van der Waals surface area contributed by atoms with Crippen LogP contribution in [0.2, 0.25) is 0 Å². The van der Waals surface area contributed by atoms with Gasteiger partial charge in [-0.15, -0.1) is 11.3 Å². The minimum absolute atomic E-state index is 0.0401. The molecule has 0 spiro atoms. The summed E-state index contributed by atoms with van der Waals surface area (Å²) < 4.78 is 5.62. The Balaban J connectivity index is 1.62. The summed E-state index contributed by atoms with van der Waals surface area (Å²) in [7, 11) is 0. The first-order valence-electron chi connectivity index (χ1n) is 10.8. The number of hydrogen-bond acceptors (Lipinski definition) is 4. The molecule has 2 aliphatic rings. The third-order valence-corrected chi connectivity index (χ3v) is 7.01. The molecule has 4 rings (SSSR count). The third-order valence-electron chi connectivity index (χ3n) is 6.10. The lowest BCUT2D eigenvalue weighted by molar-refractivity contribution is -0.141. The number of amides is 2. The van der Waals surface area contributed by atoms with Crippen LogP contribution in [0.25, 0.3) is 10.4 Å². The second kappa shape index (κ2) is 8.90. The van der Waals surface area contributed by atoms with Gasteiger partial charge in [-0.1, -0.05) is 30.3 Å². The van der Waals surface area contributed by atoms with Crippen LogP contribution in [0, 0.1) is 5.41 Å². The molecule has 2 atom stereocenters. The van der Waals surface area contributed by atoms with Crippen molar-refractivity contribution >= 4 is 23.2 Å². The summed E-state index contributed by atoms with van der Waals surface area (Å²) in [5.74, 6) is 0.0828. The highest BCUT2D eigenvalue weighted by Gasteiger charge is 2.47. The van der Waals surface area contributed by atoms with Crippen LogP contribution in [0.3, 0.4) is 0 Å². The van der Waals surface area contributed by atoms with Crippen LogP contribution >= 0.6 is 11.3 Å². The van der Waals surface area contributed by atoms with Gasteiger partial charge in [0.1, 0.15) is 6.10 Å². The quantitative estimate of drug-likeness (QED) is 0.763. The van der Waals surface area contributed by atoms with Crippen LogP contribution in [-0.4, -0.2) is 48.6 Å². The van der Waals surface area contributed by atoms with E-state index in [1.165, 1.54) is 10.4 Å². The number of rotatable bonds is 6. The Morgan fingerprint density at radius 3 is 2.80 bits per heavy atom. The van der Waals surface area contributed by atoms with Gasteiger partial charge in [0, 0.05) is 30.6 Å². The van der Waals surface area contributed by atoms with E-state index in [2.05, 4.69) is 35.0 Å². The minimum Gasteiger partial charge on any atom is -0.368 e. The molecule has 0 bridgehead atoms. The van der Waals surface area contributed by atoms with Gasteiger partial charge in [0.25, 0.3) is 5.91 Å².